The minimum Gasteiger partial charge on any atom is -0.383 e. The largest absolute Gasteiger partial charge is 0.383 e. The van der Waals surface area contributed by atoms with Crippen LogP contribution in [0, 0.1) is 5.92 Å². The van der Waals surface area contributed by atoms with Gasteiger partial charge in [-0.15, -0.1) is 0 Å². The zero-order valence-corrected chi connectivity index (χ0v) is 9.82. The van der Waals surface area contributed by atoms with E-state index in [9.17, 15) is 0 Å². The Bertz CT molecular complexity index is 364. The van der Waals surface area contributed by atoms with Crippen molar-refractivity contribution in [3.05, 3.63) is 17.6 Å². The topological polar surface area (TPSA) is 77.8 Å². The molecule has 1 aliphatic rings. The van der Waals surface area contributed by atoms with E-state index in [1.807, 2.05) is 0 Å². The van der Waals surface area contributed by atoms with Gasteiger partial charge in [0.05, 0.1) is 0 Å². The molecule has 0 aliphatic heterocycles. The minimum absolute atomic E-state index is 0.411. The molecule has 1 aromatic heterocycles. The van der Waals surface area contributed by atoms with Crippen molar-refractivity contribution in [3.8, 4) is 0 Å². The average molecular weight is 220 g/mol. The van der Waals surface area contributed by atoms with Crippen molar-refractivity contribution in [1.29, 1.82) is 0 Å². The summed E-state index contributed by atoms with van der Waals surface area (Å²) >= 11 is 0. The fraction of sp³-hybridized carbons (Fsp3) is 0.667. The van der Waals surface area contributed by atoms with Gasteiger partial charge in [0.25, 0.3) is 0 Å². The SMILES string of the molecule is CCC1CCC(c2ncc(CN)c(N)n2)C1. The second-order valence-corrected chi connectivity index (χ2v) is 4.63. The molecule has 2 unspecified atom stereocenters. The van der Waals surface area contributed by atoms with E-state index < -0.39 is 0 Å². The van der Waals surface area contributed by atoms with E-state index in [4.69, 9.17) is 11.5 Å². The molecule has 1 saturated carbocycles. The Balaban J connectivity index is 2.13. The van der Waals surface area contributed by atoms with Crippen LogP contribution in [0.15, 0.2) is 6.20 Å². The molecule has 1 aliphatic carbocycles. The van der Waals surface area contributed by atoms with E-state index in [2.05, 4.69) is 16.9 Å². The predicted octanol–water partition coefficient (Wildman–Crippen LogP) is 1.81. The van der Waals surface area contributed by atoms with Crippen LogP contribution in [0.25, 0.3) is 0 Å². The Hall–Kier alpha value is -1.16. The van der Waals surface area contributed by atoms with Crippen LogP contribution < -0.4 is 11.5 Å². The summed E-state index contributed by atoms with van der Waals surface area (Å²) in [5.74, 6) is 2.79. The molecular weight excluding hydrogens is 200 g/mol. The van der Waals surface area contributed by atoms with Crippen molar-refractivity contribution in [2.24, 2.45) is 11.7 Å². The number of rotatable bonds is 3. The van der Waals surface area contributed by atoms with E-state index >= 15 is 0 Å². The van der Waals surface area contributed by atoms with E-state index in [1.54, 1.807) is 6.20 Å². The Kier molecular flexibility index (Phi) is 3.39. The fourth-order valence-corrected chi connectivity index (χ4v) is 2.47. The molecular formula is C12H20N4. The molecule has 1 aromatic rings. The molecule has 0 bridgehead atoms. The maximum absolute atomic E-state index is 5.84. The maximum Gasteiger partial charge on any atom is 0.133 e. The summed E-state index contributed by atoms with van der Waals surface area (Å²) in [5.41, 5.74) is 12.2. The molecule has 0 aromatic carbocycles. The fourth-order valence-electron chi connectivity index (χ4n) is 2.47. The Morgan fingerprint density at radius 3 is 2.81 bits per heavy atom. The second-order valence-electron chi connectivity index (χ2n) is 4.63. The minimum atomic E-state index is 0.411. The highest BCUT2D eigenvalue weighted by Crippen LogP contribution is 2.38. The average Bonchev–Trinajstić information content (AvgIpc) is 2.77. The summed E-state index contributed by atoms with van der Waals surface area (Å²) in [6.07, 6.45) is 6.73. The summed E-state index contributed by atoms with van der Waals surface area (Å²) in [5, 5.41) is 0. The van der Waals surface area contributed by atoms with Gasteiger partial charge in [0, 0.05) is 24.2 Å². The Morgan fingerprint density at radius 2 is 2.25 bits per heavy atom. The van der Waals surface area contributed by atoms with E-state index in [0.717, 1.165) is 17.3 Å². The van der Waals surface area contributed by atoms with Crippen molar-refractivity contribution < 1.29 is 0 Å². The lowest BCUT2D eigenvalue weighted by Crippen LogP contribution is -2.09. The third-order valence-corrected chi connectivity index (χ3v) is 3.62. The summed E-state index contributed by atoms with van der Waals surface area (Å²) < 4.78 is 0. The normalized spacial score (nSPS) is 24.9. The Morgan fingerprint density at radius 1 is 1.44 bits per heavy atom. The van der Waals surface area contributed by atoms with Crippen molar-refractivity contribution in [2.45, 2.75) is 45.1 Å². The molecule has 4 N–H and O–H groups in total. The molecule has 88 valence electrons. The smallest absolute Gasteiger partial charge is 0.133 e. The number of hydrogen-bond acceptors (Lipinski definition) is 4. The van der Waals surface area contributed by atoms with Crippen molar-refractivity contribution in [1.82, 2.24) is 9.97 Å². The second kappa shape index (κ2) is 4.78. The van der Waals surface area contributed by atoms with Crippen LogP contribution in [-0.4, -0.2) is 9.97 Å². The lowest BCUT2D eigenvalue weighted by atomic mass is 10.0. The van der Waals surface area contributed by atoms with Crippen molar-refractivity contribution >= 4 is 5.82 Å². The quantitative estimate of drug-likeness (QED) is 0.814. The number of nitrogen functional groups attached to an aromatic ring is 1. The zero-order chi connectivity index (χ0) is 11.5. The van der Waals surface area contributed by atoms with E-state index in [1.165, 1.54) is 25.7 Å². The number of hydrogen-bond donors (Lipinski definition) is 2. The van der Waals surface area contributed by atoms with Crippen LogP contribution in [0.4, 0.5) is 5.82 Å². The van der Waals surface area contributed by atoms with Crippen molar-refractivity contribution in [3.63, 3.8) is 0 Å². The first kappa shape index (κ1) is 11.3. The van der Waals surface area contributed by atoms with Gasteiger partial charge in [-0.2, -0.15) is 0 Å². The van der Waals surface area contributed by atoms with Gasteiger partial charge >= 0.3 is 0 Å². The molecule has 0 saturated heterocycles. The first-order valence-corrected chi connectivity index (χ1v) is 6.06. The Labute approximate surface area is 96.5 Å². The number of anilines is 1. The maximum atomic E-state index is 5.84. The molecule has 0 amide bonds. The van der Waals surface area contributed by atoms with Crippen LogP contribution in [0.3, 0.4) is 0 Å². The lowest BCUT2D eigenvalue weighted by Gasteiger charge is -2.10. The summed E-state index contributed by atoms with van der Waals surface area (Å²) in [6, 6.07) is 0. The first-order chi connectivity index (χ1) is 7.74. The molecule has 2 atom stereocenters. The predicted molar refractivity (Wildman–Crippen MR) is 64.7 cm³/mol. The monoisotopic (exact) mass is 220 g/mol. The molecule has 0 radical (unpaired) electrons. The molecule has 0 spiro atoms. The third-order valence-electron chi connectivity index (χ3n) is 3.62. The summed E-state index contributed by atoms with van der Waals surface area (Å²) in [4.78, 5) is 8.77. The number of aromatic nitrogens is 2. The molecule has 4 nitrogen and oxygen atoms in total. The van der Waals surface area contributed by atoms with E-state index in [-0.39, 0.29) is 0 Å². The standard InChI is InChI=1S/C12H20N4/c1-2-8-3-4-9(5-8)12-15-7-10(6-13)11(14)16-12/h7-9H,2-6,13H2,1H3,(H2,14,15,16). The van der Waals surface area contributed by atoms with Crippen LogP contribution in [0.1, 0.15) is 49.9 Å². The van der Waals surface area contributed by atoms with Crippen LogP contribution in [0.5, 0.6) is 0 Å². The van der Waals surface area contributed by atoms with Gasteiger partial charge in [-0.1, -0.05) is 13.3 Å². The van der Waals surface area contributed by atoms with Gasteiger partial charge in [0.2, 0.25) is 0 Å². The van der Waals surface area contributed by atoms with Gasteiger partial charge in [-0.05, 0) is 25.2 Å². The molecule has 16 heavy (non-hydrogen) atoms. The van der Waals surface area contributed by atoms with Crippen LogP contribution >= 0.6 is 0 Å². The summed E-state index contributed by atoms with van der Waals surface area (Å²) in [6.45, 7) is 2.66. The third kappa shape index (κ3) is 2.16. The highest BCUT2D eigenvalue weighted by Gasteiger charge is 2.26. The zero-order valence-electron chi connectivity index (χ0n) is 9.82. The lowest BCUT2D eigenvalue weighted by molar-refractivity contribution is 0.516. The molecule has 4 heteroatoms. The first-order valence-electron chi connectivity index (χ1n) is 6.06. The summed E-state index contributed by atoms with van der Waals surface area (Å²) in [7, 11) is 0. The molecule has 2 rings (SSSR count). The highest BCUT2D eigenvalue weighted by molar-refractivity contribution is 5.37. The molecule has 1 fully saturated rings. The van der Waals surface area contributed by atoms with Gasteiger partial charge in [0.1, 0.15) is 11.6 Å². The number of nitrogens with zero attached hydrogens (tertiary/aromatic N) is 2. The van der Waals surface area contributed by atoms with Crippen molar-refractivity contribution in [2.75, 3.05) is 5.73 Å². The van der Waals surface area contributed by atoms with Gasteiger partial charge in [0.15, 0.2) is 0 Å². The number of nitrogens with two attached hydrogens (primary N) is 2. The van der Waals surface area contributed by atoms with Gasteiger partial charge in [-0.3, -0.25) is 0 Å². The van der Waals surface area contributed by atoms with Gasteiger partial charge < -0.3 is 11.5 Å². The van der Waals surface area contributed by atoms with Gasteiger partial charge in [-0.25, -0.2) is 9.97 Å². The van der Waals surface area contributed by atoms with E-state index in [0.29, 0.717) is 18.3 Å². The van der Waals surface area contributed by atoms with Crippen LogP contribution in [0.2, 0.25) is 0 Å². The highest BCUT2D eigenvalue weighted by atomic mass is 15.0. The van der Waals surface area contributed by atoms with Crippen LogP contribution in [-0.2, 0) is 6.54 Å². The molecule has 1 heterocycles.